The third-order valence-corrected chi connectivity index (χ3v) is 4.76. The fraction of sp³-hybridized carbons (Fsp3) is 0.538. The zero-order valence-electron chi connectivity index (χ0n) is 11.2. The van der Waals surface area contributed by atoms with Gasteiger partial charge in [-0.1, -0.05) is 0 Å². The first-order chi connectivity index (χ1) is 8.73. The third-order valence-electron chi connectivity index (χ3n) is 3.36. The van der Waals surface area contributed by atoms with Gasteiger partial charge in [0, 0.05) is 0 Å². The van der Waals surface area contributed by atoms with E-state index in [9.17, 15) is 12.8 Å². The van der Waals surface area contributed by atoms with Crippen LogP contribution in [-0.2, 0) is 16.4 Å². The summed E-state index contributed by atoms with van der Waals surface area (Å²) in [6.07, 6.45) is 0.416. The van der Waals surface area contributed by atoms with Gasteiger partial charge in [-0.05, 0) is 51.0 Å². The summed E-state index contributed by atoms with van der Waals surface area (Å²) in [4.78, 5) is 0. The highest BCUT2D eigenvalue weighted by Gasteiger charge is 2.38. The molecule has 1 atom stereocenters. The molecule has 2 rings (SSSR count). The fourth-order valence-corrected chi connectivity index (χ4v) is 3.08. The molecule has 4 nitrogen and oxygen atoms in total. The Bertz CT molecular complexity index is 584. The average molecular weight is 287 g/mol. The standard InChI is InChI=1S/C13H18FNO3S/c1-4-19(16,17)15-12-8-9-7-10(14)5-6-11(9)18-13(12,2)3/h5-7,12,15H,4,8H2,1-3H3. The lowest BCUT2D eigenvalue weighted by Gasteiger charge is -2.40. The molecule has 1 aromatic carbocycles. The Morgan fingerprint density at radius 1 is 1.47 bits per heavy atom. The molecular weight excluding hydrogens is 269 g/mol. The molecule has 106 valence electrons. The maximum Gasteiger partial charge on any atom is 0.211 e. The van der Waals surface area contributed by atoms with Crippen molar-refractivity contribution in [2.45, 2.75) is 38.8 Å². The molecular formula is C13H18FNO3S. The third kappa shape index (κ3) is 3.06. The molecule has 0 radical (unpaired) electrons. The van der Waals surface area contributed by atoms with Crippen molar-refractivity contribution < 1.29 is 17.5 Å². The van der Waals surface area contributed by atoms with Crippen LogP contribution in [0.15, 0.2) is 18.2 Å². The summed E-state index contributed by atoms with van der Waals surface area (Å²) in [5, 5.41) is 0. The minimum atomic E-state index is -3.33. The highest BCUT2D eigenvalue weighted by atomic mass is 32.2. The zero-order valence-corrected chi connectivity index (χ0v) is 12.1. The van der Waals surface area contributed by atoms with Crippen molar-refractivity contribution in [2.75, 3.05) is 5.75 Å². The summed E-state index contributed by atoms with van der Waals surface area (Å²) in [5.74, 6) is 0.271. The molecule has 0 saturated carbocycles. The van der Waals surface area contributed by atoms with Crippen molar-refractivity contribution in [2.24, 2.45) is 0 Å². The number of ether oxygens (including phenoxy) is 1. The number of rotatable bonds is 3. The first-order valence-corrected chi connectivity index (χ1v) is 7.86. The summed E-state index contributed by atoms with van der Waals surface area (Å²) in [5.41, 5.74) is 0.00991. The van der Waals surface area contributed by atoms with Gasteiger partial charge in [0.1, 0.15) is 17.2 Å². The zero-order chi connectivity index (χ0) is 14.3. The van der Waals surface area contributed by atoms with Crippen LogP contribution in [0, 0.1) is 5.82 Å². The molecule has 1 aliphatic rings. The molecule has 1 heterocycles. The largest absolute Gasteiger partial charge is 0.486 e. The van der Waals surface area contributed by atoms with E-state index >= 15 is 0 Å². The van der Waals surface area contributed by atoms with Gasteiger partial charge in [-0.3, -0.25) is 0 Å². The molecule has 6 heteroatoms. The van der Waals surface area contributed by atoms with Gasteiger partial charge in [0.05, 0.1) is 11.8 Å². The first kappa shape index (κ1) is 14.3. The molecule has 1 aromatic rings. The molecule has 0 bridgehead atoms. The lowest BCUT2D eigenvalue weighted by Crippen LogP contribution is -2.56. The topological polar surface area (TPSA) is 55.4 Å². The molecule has 0 spiro atoms. The van der Waals surface area contributed by atoms with Crippen LogP contribution in [-0.4, -0.2) is 25.8 Å². The average Bonchev–Trinajstić information content (AvgIpc) is 2.30. The number of fused-ring (bicyclic) bond motifs is 1. The van der Waals surface area contributed by atoms with Crippen LogP contribution in [0.4, 0.5) is 4.39 Å². The van der Waals surface area contributed by atoms with Crippen LogP contribution in [0.1, 0.15) is 26.3 Å². The second-order valence-corrected chi connectivity index (χ2v) is 7.28. The Labute approximate surface area is 113 Å². The molecule has 19 heavy (non-hydrogen) atoms. The number of hydrogen-bond donors (Lipinski definition) is 1. The van der Waals surface area contributed by atoms with Crippen molar-refractivity contribution in [1.82, 2.24) is 4.72 Å². The summed E-state index contributed by atoms with van der Waals surface area (Å²) in [7, 11) is -3.33. The lowest BCUT2D eigenvalue weighted by atomic mass is 9.89. The highest BCUT2D eigenvalue weighted by Crippen LogP contribution is 2.33. The second-order valence-electron chi connectivity index (χ2n) is 5.24. The van der Waals surface area contributed by atoms with Crippen LogP contribution in [0.5, 0.6) is 5.75 Å². The summed E-state index contributed by atoms with van der Waals surface area (Å²) in [6, 6.07) is 3.90. The first-order valence-electron chi connectivity index (χ1n) is 6.21. The maximum atomic E-state index is 13.2. The van der Waals surface area contributed by atoms with E-state index in [0.29, 0.717) is 17.7 Å². The maximum absolute atomic E-state index is 13.2. The lowest BCUT2D eigenvalue weighted by molar-refractivity contribution is 0.0573. The van der Waals surface area contributed by atoms with E-state index in [-0.39, 0.29) is 11.6 Å². The van der Waals surface area contributed by atoms with Crippen LogP contribution in [0.3, 0.4) is 0 Å². The second kappa shape index (κ2) is 4.76. The van der Waals surface area contributed by atoms with Crippen molar-refractivity contribution in [3.8, 4) is 5.75 Å². The SMILES string of the molecule is CCS(=O)(=O)NC1Cc2cc(F)ccc2OC1(C)C. The smallest absolute Gasteiger partial charge is 0.211 e. The van der Waals surface area contributed by atoms with Crippen LogP contribution in [0.2, 0.25) is 0 Å². The molecule has 0 saturated heterocycles. The predicted molar refractivity (Wildman–Crippen MR) is 71.2 cm³/mol. The number of hydrogen-bond acceptors (Lipinski definition) is 3. The normalized spacial score (nSPS) is 21.6. The van der Waals surface area contributed by atoms with Gasteiger partial charge in [-0.15, -0.1) is 0 Å². The molecule has 1 N–H and O–H groups in total. The number of halogens is 1. The van der Waals surface area contributed by atoms with E-state index < -0.39 is 21.7 Å². The van der Waals surface area contributed by atoms with E-state index in [4.69, 9.17) is 4.74 Å². The van der Waals surface area contributed by atoms with E-state index in [1.807, 2.05) is 13.8 Å². The fourth-order valence-electron chi connectivity index (χ4n) is 2.11. The van der Waals surface area contributed by atoms with Gasteiger partial charge in [0.2, 0.25) is 10.0 Å². The number of sulfonamides is 1. The van der Waals surface area contributed by atoms with Gasteiger partial charge in [0.25, 0.3) is 0 Å². The Balaban J connectivity index is 2.32. The van der Waals surface area contributed by atoms with E-state index in [0.717, 1.165) is 0 Å². The van der Waals surface area contributed by atoms with Crippen LogP contribution in [0.25, 0.3) is 0 Å². The summed E-state index contributed by atoms with van der Waals surface area (Å²) in [6.45, 7) is 5.22. The van der Waals surface area contributed by atoms with Crippen molar-refractivity contribution in [3.63, 3.8) is 0 Å². The van der Waals surface area contributed by atoms with E-state index in [1.54, 1.807) is 13.0 Å². The minimum Gasteiger partial charge on any atom is -0.486 e. The summed E-state index contributed by atoms with van der Waals surface area (Å²) >= 11 is 0. The minimum absolute atomic E-state index is 0.00951. The van der Waals surface area contributed by atoms with E-state index in [1.165, 1.54) is 12.1 Å². The van der Waals surface area contributed by atoms with Crippen LogP contribution < -0.4 is 9.46 Å². The monoisotopic (exact) mass is 287 g/mol. The van der Waals surface area contributed by atoms with Crippen LogP contribution >= 0.6 is 0 Å². The number of nitrogens with one attached hydrogen (secondary N) is 1. The Morgan fingerprint density at radius 2 is 2.16 bits per heavy atom. The van der Waals surface area contributed by atoms with Crippen molar-refractivity contribution >= 4 is 10.0 Å². The Morgan fingerprint density at radius 3 is 2.79 bits per heavy atom. The van der Waals surface area contributed by atoms with Gasteiger partial charge in [-0.2, -0.15) is 0 Å². The van der Waals surface area contributed by atoms with Gasteiger partial charge in [-0.25, -0.2) is 17.5 Å². The Hall–Kier alpha value is -1.14. The van der Waals surface area contributed by atoms with E-state index in [2.05, 4.69) is 4.72 Å². The molecule has 1 aliphatic heterocycles. The quantitative estimate of drug-likeness (QED) is 0.923. The van der Waals surface area contributed by atoms with Gasteiger partial charge < -0.3 is 4.74 Å². The summed E-state index contributed by atoms with van der Waals surface area (Å²) < 4.78 is 45.0. The molecule has 0 aromatic heterocycles. The van der Waals surface area contributed by atoms with Gasteiger partial charge in [0.15, 0.2) is 0 Å². The molecule has 0 fully saturated rings. The highest BCUT2D eigenvalue weighted by molar-refractivity contribution is 7.89. The Kier molecular flexibility index (Phi) is 3.57. The molecule has 0 aliphatic carbocycles. The molecule has 0 amide bonds. The van der Waals surface area contributed by atoms with Gasteiger partial charge >= 0.3 is 0 Å². The molecule has 1 unspecified atom stereocenters. The van der Waals surface area contributed by atoms with Crippen molar-refractivity contribution in [1.29, 1.82) is 0 Å². The predicted octanol–water partition coefficient (Wildman–Crippen LogP) is 1.85. The van der Waals surface area contributed by atoms with Crippen molar-refractivity contribution in [3.05, 3.63) is 29.6 Å². The number of benzene rings is 1.